The first-order chi connectivity index (χ1) is 8.85. The van der Waals surface area contributed by atoms with E-state index in [1.165, 1.54) is 12.1 Å². The van der Waals surface area contributed by atoms with Crippen LogP contribution in [0.3, 0.4) is 0 Å². The molecule has 0 aliphatic heterocycles. The minimum absolute atomic E-state index is 0.217. The SMILES string of the molecule is CC(CCS(C)=O)NS(=O)(=O)c1ccc(CN)cc1. The molecule has 0 saturated carbocycles. The van der Waals surface area contributed by atoms with Crippen LogP contribution in [0.1, 0.15) is 18.9 Å². The molecule has 0 spiro atoms. The Morgan fingerprint density at radius 1 is 1.32 bits per heavy atom. The number of nitrogens with one attached hydrogen (secondary N) is 1. The fraction of sp³-hybridized carbons (Fsp3) is 0.500. The van der Waals surface area contributed by atoms with E-state index in [9.17, 15) is 12.6 Å². The predicted molar refractivity (Wildman–Crippen MR) is 77.7 cm³/mol. The van der Waals surface area contributed by atoms with E-state index in [-0.39, 0.29) is 10.9 Å². The van der Waals surface area contributed by atoms with Crippen LogP contribution in [0.5, 0.6) is 0 Å². The summed E-state index contributed by atoms with van der Waals surface area (Å²) in [5.74, 6) is 0.482. The van der Waals surface area contributed by atoms with Gasteiger partial charge in [-0.15, -0.1) is 0 Å². The molecule has 1 aromatic rings. The summed E-state index contributed by atoms with van der Waals surface area (Å²) < 4.78 is 37.7. The Morgan fingerprint density at radius 2 is 1.89 bits per heavy atom. The molecule has 0 radical (unpaired) electrons. The molecule has 19 heavy (non-hydrogen) atoms. The Morgan fingerprint density at radius 3 is 2.37 bits per heavy atom. The molecule has 2 atom stereocenters. The van der Waals surface area contributed by atoms with E-state index in [0.717, 1.165) is 5.56 Å². The lowest BCUT2D eigenvalue weighted by molar-refractivity contribution is 0.555. The van der Waals surface area contributed by atoms with Gasteiger partial charge in [0.2, 0.25) is 10.0 Å². The van der Waals surface area contributed by atoms with Gasteiger partial charge in [0.1, 0.15) is 0 Å². The van der Waals surface area contributed by atoms with Crippen LogP contribution in [0.15, 0.2) is 29.2 Å². The highest BCUT2D eigenvalue weighted by molar-refractivity contribution is 7.89. The standard InChI is InChI=1S/C12H20N2O3S2/c1-10(7-8-18(2)15)14-19(16,17)12-5-3-11(9-13)4-6-12/h3-6,10,14H,7-9,13H2,1-2H3. The monoisotopic (exact) mass is 304 g/mol. The average Bonchev–Trinajstić information content (AvgIpc) is 2.36. The Hall–Kier alpha value is -0.760. The molecule has 0 bridgehead atoms. The van der Waals surface area contributed by atoms with E-state index in [0.29, 0.717) is 18.7 Å². The van der Waals surface area contributed by atoms with E-state index >= 15 is 0 Å². The summed E-state index contributed by atoms with van der Waals surface area (Å²) in [7, 11) is -4.43. The molecule has 7 heteroatoms. The number of hydrogen-bond donors (Lipinski definition) is 2. The number of rotatable bonds is 7. The summed E-state index contributed by atoms with van der Waals surface area (Å²) in [6, 6.07) is 6.22. The third kappa shape index (κ3) is 5.40. The lowest BCUT2D eigenvalue weighted by Gasteiger charge is -2.13. The van der Waals surface area contributed by atoms with Gasteiger partial charge in [-0.2, -0.15) is 0 Å². The summed E-state index contributed by atoms with van der Waals surface area (Å²) in [6.45, 7) is 2.14. The molecule has 0 aliphatic rings. The van der Waals surface area contributed by atoms with E-state index in [2.05, 4.69) is 4.72 Å². The second kappa shape index (κ2) is 7.14. The minimum Gasteiger partial charge on any atom is -0.326 e. The molecule has 1 aromatic carbocycles. The van der Waals surface area contributed by atoms with E-state index in [4.69, 9.17) is 5.73 Å². The van der Waals surface area contributed by atoms with Gasteiger partial charge in [0.15, 0.2) is 0 Å². The molecule has 0 aromatic heterocycles. The first-order valence-corrected chi connectivity index (χ1v) is 9.17. The van der Waals surface area contributed by atoms with Crippen molar-refractivity contribution in [1.29, 1.82) is 0 Å². The smallest absolute Gasteiger partial charge is 0.240 e. The predicted octanol–water partition coefficient (Wildman–Crippen LogP) is 0.581. The average molecular weight is 304 g/mol. The largest absolute Gasteiger partial charge is 0.326 e. The molecular weight excluding hydrogens is 284 g/mol. The zero-order valence-electron chi connectivity index (χ0n) is 11.1. The zero-order chi connectivity index (χ0) is 14.5. The molecule has 0 heterocycles. The van der Waals surface area contributed by atoms with Crippen molar-refractivity contribution in [1.82, 2.24) is 4.72 Å². The van der Waals surface area contributed by atoms with E-state index in [1.807, 2.05) is 0 Å². The van der Waals surface area contributed by atoms with Crippen molar-refractivity contribution >= 4 is 20.8 Å². The van der Waals surface area contributed by atoms with Gasteiger partial charge in [0.05, 0.1) is 4.90 Å². The van der Waals surface area contributed by atoms with Crippen LogP contribution in [-0.2, 0) is 27.4 Å². The zero-order valence-corrected chi connectivity index (χ0v) is 12.8. The first-order valence-electron chi connectivity index (χ1n) is 5.96. The fourth-order valence-corrected chi connectivity index (χ4v) is 3.50. The molecule has 5 nitrogen and oxygen atoms in total. The van der Waals surface area contributed by atoms with E-state index < -0.39 is 20.8 Å². The van der Waals surface area contributed by atoms with Gasteiger partial charge in [-0.25, -0.2) is 13.1 Å². The molecular formula is C12H20N2O3S2. The van der Waals surface area contributed by atoms with Gasteiger partial charge in [-0.3, -0.25) is 4.21 Å². The second-order valence-corrected chi connectivity index (χ2v) is 7.71. The lowest BCUT2D eigenvalue weighted by Crippen LogP contribution is -2.33. The van der Waals surface area contributed by atoms with Crippen molar-refractivity contribution in [3.05, 3.63) is 29.8 Å². The van der Waals surface area contributed by atoms with Crippen LogP contribution in [-0.4, -0.2) is 30.7 Å². The normalized spacial score (nSPS) is 15.1. The second-order valence-electron chi connectivity index (χ2n) is 4.44. The maximum Gasteiger partial charge on any atom is 0.240 e. The maximum absolute atomic E-state index is 12.1. The number of benzene rings is 1. The van der Waals surface area contributed by atoms with Crippen molar-refractivity contribution in [3.8, 4) is 0 Å². The lowest BCUT2D eigenvalue weighted by atomic mass is 10.2. The maximum atomic E-state index is 12.1. The summed E-state index contributed by atoms with van der Waals surface area (Å²) in [6.07, 6.45) is 2.15. The van der Waals surface area contributed by atoms with Crippen LogP contribution >= 0.6 is 0 Å². The van der Waals surface area contributed by atoms with Crippen LogP contribution < -0.4 is 10.5 Å². The topological polar surface area (TPSA) is 89.3 Å². The summed E-state index contributed by atoms with van der Waals surface area (Å²) in [4.78, 5) is 0.217. The minimum atomic E-state index is -3.52. The summed E-state index contributed by atoms with van der Waals surface area (Å²) in [5.41, 5.74) is 6.35. The highest BCUT2D eigenvalue weighted by Gasteiger charge is 2.17. The summed E-state index contributed by atoms with van der Waals surface area (Å²) in [5, 5.41) is 0. The first kappa shape index (κ1) is 16.3. The van der Waals surface area contributed by atoms with Gasteiger partial charge in [-0.05, 0) is 31.0 Å². The molecule has 0 saturated heterocycles. The highest BCUT2D eigenvalue weighted by Crippen LogP contribution is 2.11. The quantitative estimate of drug-likeness (QED) is 0.771. The van der Waals surface area contributed by atoms with Gasteiger partial charge in [0.25, 0.3) is 0 Å². The Balaban J connectivity index is 2.71. The van der Waals surface area contributed by atoms with Gasteiger partial charge >= 0.3 is 0 Å². The van der Waals surface area contributed by atoms with Crippen molar-refractivity contribution in [2.75, 3.05) is 12.0 Å². The van der Waals surface area contributed by atoms with Crippen molar-refractivity contribution in [2.24, 2.45) is 5.73 Å². The van der Waals surface area contributed by atoms with Crippen LogP contribution in [0, 0.1) is 0 Å². The Kier molecular flexibility index (Phi) is 6.12. The molecule has 3 N–H and O–H groups in total. The van der Waals surface area contributed by atoms with Crippen molar-refractivity contribution in [2.45, 2.75) is 30.8 Å². The Labute approximate surface area is 117 Å². The molecule has 1 rings (SSSR count). The molecule has 0 fully saturated rings. The number of nitrogens with two attached hydrogens (primary N) is 1. The highest BCUT2D eigenvalue weighted by atomic mass is 32.2. The van der Waals surface area contributed by atoms with Crippen LogP contribution in [0.4, 0.5) is 0 Å². The molecule has 108 valence electrons. The van der Waals surface area contributed by atoms with E-state index in [1.54, 1.807) is 25.3 Å². The number of hydrogen-bond acceptors (Lipinski definition) is 4. The van der Waals surface area contributed by atoms with Gasteiger partial charge in [-0.1, -0.05) is 12.1 Å². The van der Waals surface area contributed by atoms with Gasteiger partial charge < -0.3 is 5.73 Å². The number of sulfonamides is 1. The summed E-state index contributed by atoms with van der Waals surface area (Å²) >= 11 is 0. The Bertz CT molecular complexity index is 526. The van der Waals surface area contributed by atoms with Crippen LogP contribution in [0.25, 0.3) is 0 Å². The van der Waals surface area contributed by atoms with Crippen molar-refractivity contribution < 1.29 is 12.6 Å². The third-order valence-electron chi connectivity index (χ3n) is 2.66. The van der Waals surface area contributed by atoms with Crippen molar-refractivity contribution in [3.63, 3.8) is 0 Å². The molecule has 2 unspecified atom stereocenters. The molecule has 0 amide bonds. The van der Waals surface area contributed by atoms with Gasteiger partial charge in [0, 0.05) is 35.4 Å². The van der Waals surface area contributed by atoms with Crippen LogP contribution in [0.2, 0.25) is 0 Å². The fourth-order valence-electron chi connectivity index (χ4n) is 1.54. The third-order valence-corrected chi connectivity index (χ3v) is 5.08. The molecule has 0 aliphatic carbocycles.